The zero-order valence-electron chi connectivity index (χ0n) is 16.9. The minimum atomic E-state index is 0.277. The van der Waals surface area contributed by atoms with Crippen molar-refractivity contribution < 1.29 is 5.11 Å². The van der Waals surface area contributed by atoms with E-state index in [-0.39, 0.29) is 5.75 Å². The number of fused-ring (bicyclic) bond motifs is 3. The second-order valence-electron chi connectivity index (χ2n) is 8.05. The van der Waals surface area contributed by atoms with Crippen molar-refractivity contribution in [2.24, 2.45) is 0 Å². The number of phenolic OH excluding ortho intramolecular Hbond substituents is 1. The highest BCUT2D eigenvalue weighted by molar-refractivity contribution is 7.17. The SMILES string of the molecule is Oc1cccc2c(Nc3ncnc4scc(-c5ccc6c(c5)CCCC6)c34)cccc12. The van der Waals surface area contributed by atoms with Gasteiger partial charge in [-0.15, -0.1) is 11.3 Å². The van der Waals surface area contributed by atoms with E-state index in [2.05, 4.69) is 38.9 Å². The van der Waals surface area contributed by atoms with Crippen molar-refractivity contribution in [3.63, 3.8) is 0 Å². The molecule has 4 nitrogen and oxygen atoms in total. The summed E-state index contributed by atoms with van der Waals surface area (Å²) in [6, 6.07) is 18.3. The molecule has 31 heavy (non-hydrogen) atoms. The second-order valence-corrected chi connectivity index (χ2v) is 8.90. The fraction of sp³-hybridized carbons (Fsp3) is 0.154. The van der Waals surface area contributed by atoms with E-state index in [9.17, 15) is 5.11 Å². The van der Waals surface area contributed by atoms with E-state index in [1.165, 1.54) is 41.5 Å². The largest absolute Gasteiger partial charge is 0.507 e. The fourth-order valence-corrected chi connectivity index (χ4v) is 5.53. The molecule has 0 aliphatic heterocycles. The Morgan fingerprint density at radius 1 is 0.871 bits per heavy atom. The lowest BCUT2D eigenvalue weighted by Gasteiger charge is -2.17. The molecule has 5 aromatic rings. The lowest BCUT2D eigenvalue weighted by atomic mass is 9.89. The molecule has 0 atom stereocenters. The number of thiophene rings is 1. The summed E-state index contributed by atoms with van der Waals surface area (Å²) in [5, 5.41) is 18.8. The van der Waals surface area contributed by atoms with Crippen LogP contribution in [0.25, 0.3) is 32.1 Å². The van der Waals surface area contributed by atoms with Crippen molar-refractivity contribution in [2.45, 2.75) is 25.7 Å². The molecule has 0 radical (unpaired) electrons. The number of hydrogen-bond acceptors (Lipinski definition) is 5. The van der Waals surface area contributed by atoms with Crippen molar-refractivity contribution in [1.29, 1.82) is 0 Å². The number of aryl methyl sites for hydroxylation is 2. The quantitative estimate of drug-likeness (QED) is 0.333. The van der Waals surface area contributed by atoms with Gasteiger partial charge in [-0.1, -0.05) is 42.5 Å². The number of aromatic hydroxyl groups is 1. The van der Waals surface area contributed by atoms with E-state index < -0.39 is 0 Å². The molecule has 0 fully saturated rings. The predicted octanol–water partition coefficient (Wildman–Crippen LogP) is 6.84. The molecule has 0 unspecified atom stereocenters. The average Bonchev–Trinajstić information content (AvgIpc) is 3.25. The zero-order valence-corrected chi connectivity index (χ0v) is 17.7. The summed E-state index contributed by atoms with van der Waals surface area (Å²) in [6.07, 6.45) is 6.51. The summed E-state index contributed by atoms with van der Waals surface area (Å²) < 4.78 is 0. The van der Waals surface area contributed by atoms with Crippen LogP contribution in [0.15, 0.2) is 66.3 Å². The van der Waals surface area contributed by atoms with Crippen molar-refractivity contribution in [1.82, 2.24) is 9.97 Å². The first kappa shape index (κ1) is 18.3. The van der Waals surface area contributed by atoms with Crippen LogP contribution in [0.4, 0.5) is 11.5 Å². The normalized spacial score (nSPS) is 13.4. The van der Waals surface area contributed by atoms with Gasteiger partial charge in [0.15, 0.2) is 0 Å². The van der Waals surface area contributed by atoms with E-state index >= 15 is 0 Å². The number of hydrogen-bond donors (Lipinski definition) is 2. The van der Waals surface area contributed by atoms with Crippen LogP contribution in [-0.4, -0.2) is 15.1 Å². The highest BCUT2D eigenvalue weighted by Gasteiger charge is 2.16. The van der Waals surface area contributed by atoms with Crippen LogP contribution in [-0.2, 0) is 12.8 Å². The van der Waals surface area contributed by atoms with Crippen LogP contribution in [0.5, 0.6) is 5.75 Å². The fourth-order valence-electron chi connectivity index (χ4n) is 4.61. The van der Waals surface area contributed by atoms with E-state index in [0.717, 1.165) is 38.9 Å². The third kappa shape index (κ3) is 3.13. The molecule has 2 N–H and O–H groups in total. The van der Waals surface area contributed by atoms with Gasteiger partial charge in [0.2, 0.25) is 0 Å². The Balaban J connectivity index is 1.49. The Labute approximate surface area is 184 Å². The standard InChI is InChI=1S/C26H21N3OS/c30-23-10-4-7-19-20(23)8-3-9-22(19)29-25-24-21(14-31-26(24)28-15-27-25)18-12-11-16-5-1-2-6-17(16)13-18/h3-4,7-15,30H,1-2,5-6H2,(H,27,28,29). The number of phenols is 1. The molecule has 0 saturated carbocycles. The monoisotopic (exact) mass is 423 g/mol. The van der Waals surface area contributed by atoms with Gasteiger partial charge < -0.3 is 10.4 Å². The summed E-state index contributed by atoms with van der Waals surface area (Å²) in [6.45, 7) is 0. The van der Waals surface area contributed by atoms with E-state index in [4.69, 9.17) is 0 Å². The third-order valence-corrected chi connectivity index (χ3v) is 7.07. The molecule has 3 aromatic carbocycles. The van der Waals surface area contributed by atoms with Crippen LogP contribution >= 0.6 is 11.3 Å². The maximum atomic E-state index is 10.2. The smallest absolute Gasteiger partial charge is 0.143 e. The number of anilines is 2. The van der Waals surface area contributed by atoms with Crippen LogP contribution in [0.2, 0.25) is 0 Å². The van der Waals surface area contributed by atoms with Crippen molar-refractivity contribution in [3.05, 3.63) is 77.4 Å². The first-order chi connectivity index (χ1) is 15.3. The summed E-state index contributed by atoms with van der Waals surface area (Å²) in [4.78, 5) is 10.1. The number of nitrogens with one attached hydrogen (secondary N) is 1. The van der Waals surface area contributed by atoms with Gasteiger partial charge in [-0.2, -0.15) is 0 Å². The first-order valence-electron chi connectivity index (χ1n) is 10.6. The van der Waals surface area contributed by atoms with Gasteiger partial charge in [0.1, 0.15) is 22.7 Å². The maximum absolute atomic E-state index is 10.2. The van der Waals surface area contributed by atoms with Crippen molar-refractivity contribution >= 4 is 43.8 Å². The summed E-state index contributed by atoms with van der Waals surface area (Å²) >= 11 is 1.65. The van der Waals surface area contributed by atoms with E-state index in [0.29, 0.717) is 0 Å². The minimum absolute atomic E-state index is 0.277. The number of aromatic nitrogens is 2. The first-order valence-corrected chi connectivity index (χ1v) is 11.5. The molecular formula is C26H21N3OS. The summed E-state index contributed by atoms with van der Waals surface area (Å²) in [5.41, 5.74) is 6.26. The number of nitrogens with zero attached hydrogens (tertiary/aromatic N) is 2. The molecule has 152 valence electrons. The lowest BCUT2D eigenvalue weighted by Crippen LogP contribution is -2.02. The van der Waals surface area contributed by atoms with E-state index in [1.54, 1.807) is 23.7 Å². The average molecular weight is 424 g/mol. The van der Waals surface area contributed by atoms with Gasteiger partial charge >= 0.3 is 0 Å². The third-order valence-electron chi connectivity index (χ3n) is 6.18. The Morgan fingerprint density at radius 2 is 1.71 bits per heavy atom. The van der Waals surface area contributed by atoms with Crippen LogP contribution in [0.3, 0.4) is 0 Å². The van der Waals surface area contributed by atoms with Gasteiger partial charge in [-0.3, -0.25) is 0 Å². The van der Waals surface area contributed by atoms with Gasteiger partial charge in [0, 0.05) is 27.4 Å². The number of benzene rings is 3. The van der Waals surface area contributed by atoms with Gasteiger partial charge in [-0.05, 0) is 54.5 Å². The Hall–Kier alpha value is -3.44. The summed E-state index contributed by atoms with van der Waals surface area (Å²) in [7, 11) is 0. The predicted molar refractivity (Wildman–Crippen MR) is 128 cm³/mol. The van der Waals surface area contributed by atoms with Crippen LogP contribution in [0.1, 0.15) is 24.0 Å². The van der Waals surface area contributed by atoms with Crippen LogP contribution < -0.4 is 5.32 Å². The van der Waals surface area contributed by atoms with Gasteiger partial charge in [-0.25, -0.2) is 9.97 Å². The van der Waals surface area contributed by atoms with Crippen molar-refractivity contribution in [3.8, 4) is 16.9 Å². The molecular weight excluding hydrogens is 402 g/mol. The molecule has 0 bridgehead atoms. The number of rotatable bonds is 3. The second kappa shape index (κ2) is 7.36. The minimum Gasteiger partial charge on any atom is -0.507 e. The van der Waals surface area contributed by atoms with Gasteiger partial charge in [0.05, 0.1) is 5.39 Å². The molecule has 1 aliphatic carbocycles. The van der Waals surface area contributed by atoms with E-state index in [1.807, 2.05) is 30.3 Å². The molecule has 0 spiro atoms. The summed E-state index contributed by atoms with van der Waals surface area (Å²) in [5.74, 6) is 1.06. The zero-order chi connectivity index (χ0) is 20.8. The van der Waals surface area contributed by atoms with Crippen molar-refractivity contribution in [2.75, 3.05) is 5.32 Å². The van der Waals surface area contributed by atoms with Crippen LogP contribution in [0, 0.1) is 0 Å². The highest BCUT2D eigenvalue weighted by Crippen LogP contribution is 2.40. The molecule has 0 saturated heterocycles. The molecule has 1 aliphatic rings. The molecule has 0 amide bonds. The topological polar surface area (TPSA) is 58.0 Å². The Bertz CT molecular complexity index is 1440. The Morgan fingerprint density at radius 3 is 2.65 bits per heavy atom. The lowest BCUT2D eigenvalue weighted by molar-refractivity contribution is 0.481. The molecule has 2 aromatic heterocycles. The molecule has 5 heteroatoms. The molecule has 2 heterocycles. The Kier molecular flexibility index (Phi) is 4.35. The van der Waals surface area contributed by atoms with Gasteiger partial charge in [0.25, 0.3) is 0 Å². The highest BCUT2D eigenvalue weighted by atomic mass is 32.1. The maximum Gasteiger partial charge on any atom is 0.143 e. The molecule has 6 rings (SSSR count).